The van der Waals surface area contributed by atoms with Crippen molar-refractivity contribution in [3.05, 3.63) is 241 Å². The number of rotatable bonds is 10. The summed E-state index contributed by atoms with van der Waals surface area (Å²) >= 11 is 0. The van der Waals surface area contributed by atoms with E-state index in [9.17, 15) is 0 Å². The van der Waals surface area contributed by atoms with Gasteiger partial charge in [-0.2, -0.15) is 0 Å². The molecule has 0 spiro atoms. The summed E-state index contributed by atoms with van der Waals surface area (Å²) in [5.74, 6) is 3.42. The van der Waals surface area contributed by atoms with Crippen LogP contribution in [0, 0.1) is 12.8 Å². The van der Waals surface area contributed by atoms with Gasteiger partial charge >= 0.3 is 0 Å². The van der Waals surface area contributed by atoms with E-state index in [1.807, 2.05) is 24.3 Å². The molecule has 2 aromatic heterocycles. The van der Waals surface area contributed by atoms with Crippen LogP contribution in [0.3, 0.4) is 0 Å². The van der Waals surface area contributed by atoms with Crippen LogP contribution in [0.25, 0.3) is 95.8 Å². The second kappa shape index (κ2) is 18.8. The molecule has 2 heterocycles. The fourth-order valence-corrected chi connectivity index (χ4v) is 9.28. The van der Waals surface area contributed by atoms with Gasteiger partial charge in [0, 0.05) is 33.7 Å². The van der Waals surface area contributed by atoms with Gasteiger partial charge in [0.1, 0.15) is 0 Å². The van der Waals surface area contributed by atoms with Crippen LogP contribution in [0.1, 0.15) is 42.5 Å². The summed E-state index contributed by atoms with van der Waals surface area (Å²) in [6.45, 7) is 4.43. The lowest BCUT2D eigenvalue weighted by Crippen LogP contribution is -2.07. The molecule has 5 nitrogen and oxygen atoms in total. The number of hydrogen-bond donors (Lipinski definition) is 0. The molecule has 0 saturated heterocycles. The lowest BCUT2D eigenvalue weighted by Gasteiger charge is -2.21. The van der Waals surface area contributed by atoms with E-state index in [2.05, 4.69) is 214 Å². The maximum absolute atomic E-state index is 5.13. The zero-order valence-corrected chi connectivity index (χ0v) is 38.2. The second-order valence-corrected chi connectivity index (χ2v) is 17.7. The predicted molar refractivity (Wildman–Crippen MR) is 280 cm³/mol. The summed E-state index contributed by atoms with van der Waals surface area (Å²) < 4.78 is 0. The third kappa shape index (κ3) is 8.94. The molecular formula is C63H49N5. The fourth-order valence-electron chi connectivity index (χ4n) is 9.28. The molecule has 0 N–H and O–H groups in total. The van der Waals surface area contributed by atoms with E-state index in [1.54, 1.807) is 0 Å². The van der Waals surface area contributed by atoms with E-state index >= 15 is 0 Å². The van der Waals surface area contributed by atoms with Crippen LogP contribution in [0.5, 0.6) is 0 Å². The van der Waals surface area contributed by atoms with Gasteiger partial charge in [0.25, 0.3) is 0 Å². The topological polar surface area (TPSA) is 64.5 Å². The molecule has 2 aliphatic rings. The average Bonchev–Trinajstić information content (AvgIpc) is 3.42. The third-order valence-electron chi connectivity index (χ3n) is 13.0. The summed E-state index contributed by atoms with van der Waals surface area (Å²) in [6, 6.07) is 64.0. The minimum atomic E-state index is 0.342. The molecule has 0 bridgehead atoms. The lowest BCUT2D eigenvalue weighted by atomic mass is 9.84. The van der Waals surface area contributed by atoms with Gasteiger partial charge in [-0.15, -0.1) is 0 Å². The van der Waals surface area contributed by atoms with Gasteiger partial charge in [0.05, 0.1) is 11.4 Å². The minimum absolute atomic E-state index is 0.342. The molecule has 326 valence electrons. The molecule has 5 heteroatoms. The van der Waals surface area contributed by atoms with Gasteiger partial charge in [-0.1, -0.05) is 201 Å². The highest BCUT2D eigenvalue weighted by molar-refractivity contribution is 5.82. The highest BCUT2D eigenvalue weighted by Gasteiger charge is 2.19. The maximum atomic E-state index is 5.13. The molecule has 0 radical (unpaired) electrons. The first-order valence-electron chi connectivity index (χ1n) is 23.5. The molecule has 0 fully saturated rings. The minimum Gasteiger partial charge on any atom is -0.228 e. The Morgan fingerprint density at radius 1 is 0.397 bits per heavy atom. The van der Waals surface area contributed by atoms with Gasteiger partial charge in [-0.05, 0) is 106 Å². The molecule has 0 aliphatic heterocycles. The number of aromatic nitrogens is 5. The lowest BCUT2D eigenvalue weighted by molar-refractivity contribution is 0.635. The van der Waals surface area contributed by atoms with Crippen molar-refractivity contribution in [1.29, 1.82) is 0 Å². The monoisotopic (exact) mass is 875 g/mol. The fraction of sp³-hybridized carbons (Fsp3) is 0.0952. The molecule has 7 aromatic carbocycles. The van der Waals surface area contributed by atoms with Gasteiger partial charge in [0.15, 0.2) is 23.3 Å². The van der Waals surface area contributed by atoms with Crippen LogP contribution >= 0.6 is 0 Å². The Bertz CT molecular complexity index is 3420. The van der Waals surface area contributed by atoms with E-state index in [0.717, 1.165) is 91.0 Å². The Kier molecular flexibility index (Phi) is 11.7. The van der Waals surface area contributed by atoms with Crippen LogP contribution in [-0.2, 0) is 0 Å². The number of allylic oxidation sites excluding steroid dienone is 8. The van der Waals surface area contributed by atoms with Gasteiger partial charge in [-0.25, -0.2) is 24.9 Å². The van der Waals surface area contributed by atoms with E-state index in [4.69, 9.17) is 24.9 Å². The van der Waals surface area contributed by atoms with E-state index in [1.165, 1.54) is 11.1 Å². The SMILES string of the molecule is Cc1ccc(-c2nc(-c3ccccc3)nc(-c3ccc(C4C=CC=CC4C)cc3)n2)cc1-c1cccc(-c2cccc(-c3cccc(-c4nc(C5=CCCC=C5)cc(-c5ccccc5)n4)c3)c2)c1. The van der Waals surface area contributed by atoms with Crippen molar-refractivity contribution in [3.63, 3.8) is 0 Å². The Labute approximate surface area is 398 Å². The summed E-state index contributed by atoms with van der Waals surface area (Å²) in [5, 5.41) is 0. The molecule has 68 heavy (non-hydrogen) atoms. The van der Waals surface area contributed by atoms with Crippen molar-refractivity contribution in [2.24, 2.45) is 5.92 Å². The highest BCUT2D eigenvalue weighted by Crippen LogP contribution is 2.36. The first-order chi connectivity index (χ1) is 33.5. The van der Waals surface area contributed by atoms with Gasteiger partial charge in [-0.3, -0.25) is 0 Å². The first kappa shape index (κ1) is 42.2. The van der Waals surface area contributed by atoms with Gasteiger partial charge in [0.2, 0.25) is 0 Å². The van der Waals surface area contributed by atoms with E-state index in [-0.39, 0.29) is 0 Å². The molecular weight excluding hydrogens is 827 g/mol. The van der Waals surface area contributed by atoms with Crippen molar-refractivity contribution in [2.75, 3.05) is 0 Å². The summed E-state index contributed by atoms with van der Waals surface area (Å²) in [5.41, 5.74) is 17.1. The quantitative estimate of drug-likeness (QED) is 0.137. The summed E-state index contributed by atoms with van der Waals surface area (Å²) in [7, 11) is 0. The van der Waals surface area contributed by atoms with Crippen molar-refractivity contribution in [2.45, 2.75) is 32.6 Å². The van der Waals surface area contributed by atoms with Crippen LogP contribution in [-0.4, -0.2) is 24.9 Å². The number of nitrogens with zero attached hydrogens (tertiary/aromatic N) is 5. The zero-order valence-electron chi connectivity index (χ0n) is 38.2. The third-order valence-corrected chi connectivity index (χ3v) is 13.0. The van der Waals surface area contributed by atoms with E-state index in [0.29, 0.717) is 35.1 Å². The largest absolute Gasteiger partial charge is 0.228 e. The van der Waals surface area contributed by atoms with Crippen molar-refractivity contribution >= 4 is 5.57 Å². The second-order valence-electron chi connectivity index (χ2n) is 17.7. The van der Waals surface area contributed by atoms with Gasteiger partial charge < -0.3 is 0 Å². The molecule has 2 atom stereocenters. The number of hydrogen-bond acceptors (Lipinski definition) is 5. The number of benzene rings is 7. The molecule has 0 amide bonds. The molecule has 0 saturated carbocycles. The molecule has 9 aromatic rings. The normalized spacial score (nSPS) is 15.3. The van der Waals surface area contributed by atoms with Crippen molar-refractivity contribution in [1.82, 2.24) is 24.9 Å². The molecule has 11 rings (SSSR count). The van der Waals surface area contributed by atoms with Crippen molar-refractivity contribution < 1.29 is 0 Å². The van der Waals surface area contributed by atoms with Crippen LogP contribution in [0.4, 0.5) is 0 Å². The smallest absolute Gasteiger partial charge is 0.164 e. The molecule has 2 aliphatic carbocycles. The molecule has 2 unspecified atom stereocenters. The first-order valence-corrected chi connectivity index (χ1v) is 23.5. The van der Waals surface area contributed by atoms with Crippen molar-refractivity contribution in [3.8, 4) is 90.2 Å². The Balaban J connectivity index is 0.913. The van der Waals surface area contributed by atoms with Crippen LogP contribution < -0.4 is 0 Å². The van der Waals surface area contributed by atoms with Crippen LogP contribution in [0.2, 0.25) is 0 Å². The zero-order chi connectivity index (χ0) is 45.8. The predicted octanol–water partition coefficient (Wildman–Crippen LogP) is 15.9. The van der Waals surface area contributed by atoms with Crippen LogP contribution in [0.15, 0.2) is 225 Å². The standard InChI is InChI=1S/C63H49N5/c1-42-17-12-13-30-56(42)44-33-35-48(36-34-44)61-66-60(47-22-10-5-11-23-47)67-63(68-61)55-32-31-43(2)57(40-55)53-28-15-26-51(38-53)49-24-14-25-50(37-49)52-27-16-29-54(39-52)62-64-58(45-18-6-3-7-19-45)41-59(65-62)46-20-8-4-9-21-46/h3,5-8,10-42,56H,4,9H2,1-2H3. The van der Waals surface area contributed by atoms with E-state index < -0.39 is 0 Å². The Morgan fingerprint density at radius 3 is 1.54 bits per heavy atom. The summed E-state index contributed by atoms with van der Waals surface area (Å²) in [6.07, 6.45) is 17.6. The maximum Gasteiger partial charge on any atom is 0.164 e. The Morgan fingerprint density at radius 2 is 0.897 bits per heavy atom. The Hall–Kier alpha value is -8.41. The highest BCUT2D eigenvalue weighted by atomic mass is 15.0. The average molecular weight is 876 g/mol. The summed E-state index contributed by atoms with van der Waals surface area (Å²) in [4.78, 5) is 25.5. The number of aryl methyl sites for hydroxylation is 1.